The number of nitrogens with one attached hydrogen (secondary N) is 1. The number of carbonyl (C=O) groups excluding carboxylic acids is 1. The highest BCUT2D eigenvalue weighted by molar-refractivity contribution is 5.93. The summed E-state index contributed by atoms with van der Waals surface area (Å²) in [6.45, 7) is 0. The Kier molecular flexibility index (Phi) is 4.70. The van der Waals surface area contributed by atoms with E-state index in [1.807, 2.05) is 16.8 Å². The Hall–Kier alpha value is -4.01. The lowest BCUT2D eigenvalue weighted by molar-refractivity contribution is -0.385. The van der Waals surface area contributed by atoms with E-state index in [1.165, 1.54) is 18.3 Å². The number of hydrogen-bond acceptors (Lipinski definition) is 6. The third-order valence-electron chi connectivity index (χ3n) is 3.46. The van der Waals surface area contributed by atoms with Crippen LogP contribution in [0.25, 0.3) is 5.69 Å². The summed E-state index contributed by atoms with van der Waals surface area (Å²) in [7, 11) is 0. The predicted molar refractivity (Wildman–Crippen MR) is 93.4 cm³/mol. The van der Waals surface area contributed by atoms with E-state index in [-0.39, 0.29) is 17.1 Å². The molecule has 26 heavy (non-hydrogen) atoms. The number of aromatic nitrogens is 2. The van der Waals surface area contributed by atoms with Gasteiger partial charge in [-0.3, -0.25) is 14.9 Å². The SMILES string of the molecule is O=C(NN=Cc1cccn1-c1ccc(O)cc1)c1ccc([N+](=O)[O-])cn1. The highest BCUT2D eigenvalue weighted by atomic mass is 16.6. The highest BCUT2D eigenvalue weighted by Crippen LogP contribution is 2.15. The van der Waals surface area contributed by atoms with Gasteiger partial charge in [0.25, 0.3) is 11.6 Å². The van der Waals surface area contributed by atoms with E-state index in [4.69, 9.17) is 0 Å². The van der Waals surface area contributed by atoms with E-state index in [9.17, 15) is 20.0 Å². The zero-order valence-corrected chi connectivity index (χ0v) is 13.3. The maximum Gasteiger partial charge on any atom is 0.289 e. The number of nitrogens with zero attached hydrogens (tertiary/aromatic N) is 4. The summed E-state index contributed by atoms with van der Waals surface area (Å²) in [6, 6.07) is 12.7. The third kappa shape index (κ3) is 3.73. The molecule has 2 aromatic heterocycles. The number of rotatable bonds is 5. The van der Waals surface area contributed by atoms with Crippen LogP contribution in [0.3, 0.4) is 0 Å². The topological polar surface area (TPSA) is 123 Å². The zero-order valence-electron chi connectivity index (χ0n) is 13.3. The fourth-order valence-corrected chi connectivity index (χ4v) is 2.19. The Morgan fingerprint density at radius 1 is 1.23 bits per heavy atom. The minimum atomic E-state index is -0.593. The second-order valence-electron chi connectivity index (χ2n) is 5.18. The van der Waals surface area contributed by atoms with Gasteiger partial charge in [-0.05, 0) is 42.5 Å². The van der Waals surface area contributed by atoms with Gasteiger partial charge in [0.1, 0.15) is 17.6 Å². The molecule has 9 nitrogen and oxygen atoms in total. The number of hydrazone groups is 1. The predicted octanol–water partition coefficient (Wildman–Crippen LogP) is 2.25. The fourth-order valence-electron chi connectivity index (χ4n) is 2.19. The maximum absolute atomic E-state index is 12.0. The Balaban J connectivity index is 1.69. The van der Waals surface area contributed by atoms with Crippen LogP contribution in [0.5, 0.6) is 5.75 Å². The number of pyridine rings is 1. The minimum absolute atomic E-state index is 0.0154. The van der Waals surface area contributed by atoms with Crippen molar-refractivity contribution in [2.75, 3.05) is 0 Å². The monoisotopic (exact) mass is 351 g/mol. The number of hydrogen-bond donors (Lipinski definition) is 2. The van der Waals surface area contributed by atoms with Crippen LogP contribution < -0.4 is 5.43 Å². The standard InChI is InChI=1S/C17H13N5O4/c23-15-6-3-12(4-7-15)21-9-1-2-13(21)11-19-20-17(24)16-8-5-14(10-18-16)22(25)26/h1-11,23H,(H,20,24). The summed E-state index contributed by atoms with van der Waals surface area (Å²) in [5, 5.41) is 23.8. The van der Waals surface area contributed by atoms with Crippen molar-refractivity contribution < 1.29 is 14.8 Å². The summed E-state index contributed by atoms with van der Waals surface area (Å²) in [4.78, 5) is 25.7. The molecule has 0 saturated heterocycles. The summed E-state index contributed by atoms with van der Waals surface area (Å²) in [5.41, 5.74) is 3.66. The van der Waals surface area contributed by atoms with E-state index < -0.39 is 10.8 Å². The molecule has 3 rings (SSSR count). The lowest BCUT2D eigenvalue weighted by atomic mass is 10.3. The van der Waals surface area contributed by atoms with Crippen molar-refractivity contribution in [1.82, 2.24) is 15.0 Å². The van der Waals surface area contributed by atoms with Gasteiger partial charge >= 0.3 is 0 Å². The van der Waals surface area contributed by atoms with E-state index in [1.54, 1.807) is 30.3 Å². The van der Waals surface area contributed by atoms with Gasteiger partial charge in [0.05, 0.1) is 16.8 Å². The molecule has 0 bridgehead atoms. The Morgan fingerprint density at radius 3 is 2.65 bits per heavy atom. The number of benzene rings is 1. The van der Waals surface area contributed by atoms with Crippen LogP contribution in [0.2, 0.25) is 0 Å². The fraction of sp³-hybridized carbons (Fsp3) is 0. The normalized spacial score (nSPS) is 10.8. The zero-order chi connectivity index (χ0) is 18.5. The first-order valence-electron chi connectivity index (χ1n) is 7.45. The Labute approximate surface area is 147 Å². The van der Waals surface area contributed by atoms with Gasteiger partial charge in [-0.25, -0.2) is 10.4 Å². The largest absolute Gasteiger partial charge is 0.508 e. The first-order chi connectivity index (χ1) is 12.5. The molecule has 3 aromatic rings. The summed E-state index contributed by atoms with van der Waals surface area (Å²) in [5.74, 6) is -0.419. The van der Waals surface area contributed by atoms with Gasteiger partial charge in [0.2, 0.25) is 0 Å². The highest BCUT2D eigenvalue weighted by Gasteiger charge is 2.10. The van der Waals surface area contributed by atoms with E-state index in [0.29, 0.717) is 5.69 Å². The molecule has 0 unspecified atom stereocenters. The van der Waals surface area contributed by atoms with Gasteiger partial charge in [0, 0.05) is 18.0 Å². The minimum Gasteiger partial charge on any atom is -0.508 e. The number of phenols is 1. The van der Waals surface area contributed by atoms with Gasteiger partial charge in [-0.2, -0.15) is 5.10 Å². The number of amides is 1. The van der Waals surface area contributed by atoms with E-state index in [2.05, 4.69) is 15.5 Å². The van der Waals surface area contributed by atoms with Crippen molar-refractivity contribution in [3.63, 3.8) is 0 Å². The molecule has 0 aliphatic rings. The van der Waals surface area contributed by atoms with Crippen molar-refractivity contribution in [3.8, 4) is 11.4 Å². The van der Waals surface area contributed by atoms with Crippen LogP contribution in [0.15, 0.2) is 66.0 Å². The Morgan fingerprint density at radius 2 is 2.00 bits per heavy atom. The first-order valence-corrected chi connectivity index (χ1v) is 7.45. The molecule has 2 heterocycles. The molecule has 1 amide bonds. The van der Waals surface area contributed by atoms with Crippen molar-refractivity contribution in [2.24, 2.45) is 5.10 Å². The summed E-state index contributed by atoms with van der Waals surface area (Å²) >= 11 is 0. The lowest BCUT2D eigenvalue weighted by Crippen LogP contribution is -2.19. The molecule has 0 saturated carbocycles. The summed E-state index contributed by atoms with van der Waals surface area (Å²) in [6.07, 6.45) is 4.28. The molecule has 1 aromatic carbocycles. The van der Waals surface area contributed by atoms with E-state index >= 15 is 0 Å². The average molecular weight is 351 g/mol. The number of phenolic OH excluding ortho intramolecular Hbond substituents is 1. The van der Waals surface area contributed by atoms with Crippen molar-refractivity contribution >= 4 is 17.8 Å². The number of nitro groups is 1. The third-order valence-corrected chi connectivity index (χ3v) is 3.46. The molecule has 0 aliphatic carbocycles. The lowest BCUT2D eigenvalue weighted by Gasteiger charge is -2.06. The average Bonchev–Trinajstić information content (AvgIpc) is 3.11. The van der Waals surface area contributed by atoms with Crippen molar-refractivity contribution in [1.29, 1.82) is 0 Å². The molecule has 0 radical (unpaired) electrons. The van der Waals surface area contributed by atoms with Crippen LogP contribution in [-0.2, 0) is 0 Å². The van der Waals surface area contributed by atoms with Gasteiger partial charge < -0.3 is 9.67 Å². The van der Waals surface area contributed by atoms with Gasteiger partial charge in [-0.1, -0.05) is 0 Å². The molecule has 0 spiro atoms. The number of carbonyl (C=O) groups is 1. The number of aromatic hydroxyl groups is 1. The van der Waals surface area contributed by atoms with Crippen LogP contribution in [0, 0.1) is 10.1 Å². The Bertz CT molecular complexity index is 962. The molecule has 2 N–H and O–H groups in total. The van der Waals surface area contributed by atoms with Crippen molar-refractivity contribution in [2.45, 2.75) is 0 Å². The second-order valence-corrected chi connectivity index (χ2v) is 5.18. The molecule has 130 valence electrons. The molecule has 0 aliphatic heterocycles. The van der Waals surface area contributed by atoms with Gasteiger partial charge in [-0.15, -0.1) is 0 Å². The molecular formula is C17H13N5O4. The molecule has 9 heteroatoms. The second kappa shape index (κ2) is 7.26. The van der Waals surface area contributed by atoms with E-state index in [0.717, 1.165) is 11.9 Å². The van der Waals surface area contributed by atoms with Crippen LogP contribution in [0.1, 0.15) is 16.2 Å². The van der Waals surface area contributed by atoms with Crippen LogP contribution in [-0.4, -0.2) is 31.7 Å². The quantitative estimate of drug-likeness (QED) is 0.415. The van der Waals surface area contributed by atoms with Crippen LogP contribution >= 0.6 is 0 Å². The smallest absolute Gasteiger partial charge is 0.289 e. The maximum atomic E-state index is 12.0. The first kappa shape index (κ1) is 16.8. The van der Waals surface area contributed by atoms with Gasteiger partial charge in [0.15, 0.2) is 0 Å². The van der Waals surface area contributed by atoms with Crippen molar-refractivity contribution in [3.05, 3.63) is 82.4 Å². The molecule has 0 atom stereocenters. The molecular weight excluding hydrogens is 338 g/mol. The van der Waals surface area contributed by atoms with Crippen LogP contribution in [0.4, 0.5) is 5.69 Å². The summed E-state index contributed by atoms with van der Waals surface area (Å²) < 4.78 is 1.82. The molecule has 0 fully saturated rings.